The summed E-state index contributed by atoms with van der Waals surface area (Å²) in [5.74, 6) is -2.20. The molecular weight excluding hydrogens is 408 g/mol. The second kappa shape index (κ2) is 7.75. The second-order valence-corrected chi connectivity index (χ2v) is 8.19. The van der Waals surface area contributed by atoms with E-state index < -0.39 is 30.4 Å². The molecule has 0 bridgehead atoms. The van der Waals surface area contributed by atoms with Crippen molar-refractivity contribution in [2.45, 2.75) is 38.6 Å². The van der Waals surface area contributed by atoms with E-state index in [4.69, 9.17) is 4.74 Å². The normalized spacial score (nSPS) is 16.1. The van der Waals surface area contributed by atoms with Crippen LogP contribution < -0.4 is 0 Å². The molecule has 0 fully saturated rings. The van der Waals surface area contributed by atoms with Crippen LogP contribution in [0.2, 0.25) is 0 Å². The third kappa shape index (κ3) is 3.04. The monoisotopic (exact) mass is 430 g/mol. The molecule has 5 rings (SSSR count). The van der Waals surface area contributed by atoms with Gasteiger partial charge in [-0.3, -0.25) is 23.9 Å². The number of aryl methyl sites for hydroxylation is 1. The fraction of sp³-hybridized carbons (Fsp3) is 0.280. The van der Waals surface area contributed by atoms with Crippen molar-refractivity contribution in [3.63, 3.8) is 0 Å². The van der Waals surface area contributed by atoms with Gasteiger partial charge in [0, 0.05) is 11.1 Å². The highest BCUT2D eigenvalue weighted by atomic mass is 16.5. The average molecular weight is 430 g/mol. The molecule has 1 unspecified atom stereocenters. The second-order valence-electron chi connectivity index (χ2n) is 8.19. The maximum absolute atomic E-state index is 13.1. The van der Waals surface area contributed by atoms with Gasteiger partial charge >= 0.3 is 5.97 Å². The van der Waals surface area contributed by atoms with Gasteiger partial charge < -0.3 is 4.74 Å². The molecule has 2 aliphatic rings. The summed E-state index contributed by atoms with van der Waals surface area (Å²) in [6.07, 6.45) is 3.82. The first-order chi connectivity index (χ1) is 15.5. The number of para-hydroxylation sites is 1. The minimum Gasteiger partial charge on any atom is -0.454 e. The van der Waals surface area contributed by atoms with Crippen molar-refractivity contribution in [2.75, 3.05) is 6.61 Å². The van der Waals surface area contributed by atoms with E-state index in [0.29, 0.717) is 0 Å². The van der Waals surface area contributed by atoms with Crippen LogP contribution in [0.15, 0.2) is 48.5 Å². The van der Waals surface area contributed by atoms with Gasteiger partial charge in [-0.25, -0.2) is 4.79 Å². The first-order valence-corrected chi connectivity index (χ1v) is 10.8. The van der Waals surface area contributed by atoms with Crippen molar-refractivity contribution in [3.05, 3.63) is 70.9 Å². The molecule has 2 heterocycles. The Labute approximate surface area is 184 Å². The van der Waals surface area contributed by atoms with Gasteiger partial charge in [0.25, 0.3) is 17.7 Å². The van der Waals surface area contributed by atoms with Crippen LogP contribution in [0.3, 0.4) is 0 Å². The highest BCUT2D eigenvalue weighted by Crippen LogP contribution is 2.32. The van der Waals surface area contributed by atoms with Gasteiger partial charge in [-0.15, -0.1) is 0 Å². The zero-order valence-electron chi connectivity index (χ0n) is 17.7. The zero-order valence-corrected chi connectivity index (χ0v) is 17.7. The Hall–Kier alpha value is -3.74. The topological polar surface area (TPSA) is 85.7 Å². The summed E-state index contributed by atoms with van der Waals surface area (Å²) in [5, 5.41) is 1.06. The molecule has 162 valence electrons. The summed E-state index contributed by atoms with van der Waals surface area (Å²) in [7, 11) is 0. The van der Waals surface area contributed by atoms with Crippen molar-refractivity contribution in [2.24, 2.45) is 0 Å². The van der Waals surface area contributed by atoms with Gasteiger partial charge in [0.05, 0.1) is 16.6 Å². The van der Waals surface area contributed by atoms with Crippen LogP contribution in [0.4, 0.5) is 0 Å². The molecule has 1 aliphatic carbocycles. The van der Waals surface area contributed by atoms with Gasteiger partial charge in [0.15, 0.2) is 6.61 Å². The minimum atomic E-state index is -1.13. The van der Waals surface area contributed by atoms with Crippen LogP contribution in [0.5, 0.6) is 0 Å². The van der Waals surface area contributed by atoms with Crippen LogP contribution in [0, 0.1) is 0 Å². The molecule has 0 saturated carbocycles. The van der Waals surface area contributed by atoms with Crippen LogP contribution in [0.1, 0.15) is 56.5 Å². The largest absolute Gasteiger partial charge is 0.454 e. The number of carbonyl (C=O) groups is 4. The number of amides is 2. The first kappa shape index (κ1) is 20.2. The molecule has 0 saturated heterocycles. The van der Waals surface area contributed by atoms with Gasteiger partial charge in [0.1, 0.15) is 6.04 Å². The maximum atomic E-state index is 13.1. The van der Waals surface area contributed by atoms with E-state index in [1.165, 1.54) is 12.5 Å². The molecule has 2 aromatic carbocycles. The lowest BCUT2D eigenvalue weighted by atomic mass is 9.95. The third-order valence-electron chi connectivity index (χ3n) is 6.32. The Bertz CT molecular complexity index is 1250. The van der Waals surface area contributed by atoms with Gasteiger partial charge in [-0.05, 0) is 56.4 Å². The number of benzene rings is 2. The number of nitrogens with zero attached hydrogens (tertiary/aromatic N) is 2. The molecule has 0 spiro atoms. The number of carbonyl (C=O) groups excluding carboxylic acids is 4. The van der Waals surface area contributed by atoms with E-state index >= 15 is 0 Å². The minimum absolute atomic E-state index is 0.263. The summed E-state index contributed by atoms with van der Waals surface area (Å²) in [6.45, 7) is 0.971. The Morgan fingerprint density at radius 1 is 0.938 bits per heavy atom. The Kier molecular flexibility index (Phi) is 4.89. The Morgan fingerprint density at radius 3 is 2.28 bits per heavy atom. The van der Waals surface area contributed by atoms with Crippen molar-refractivity contribution in [1.82, 2.24) is 9.47 Å². The molecule has 32 heavy (non-hydrogen) atoms. The summed E-state index contributed by atoms with van der Waals surface area (Å²) in [4.78, 5) is 51.9. The number of esters is 1. The number of rotatable bonds is 4. The number of imide groups is 1. The lowest BCUT2D eigenvalue weighted by Gasteiger charge is -2.21. The zero-order chi connectivity index (χ0) is 22.4. The SMILES string of the molecule is CC(C(=O)OCC(=O)n1c2c(c3ccccc31)CCCC2)N1C(=O)c2ccccc2C1=O. The van der Waals surface area contributed by atoms with E-state index in [-0.39, 0.29) is 17.0 Å². The van der Waals surface area contributed by atoms with Crippen LogP contribution in [-0.2, 0) is 22.4 Å². The molecule has 1 aromatic heterocycles. The molecule has 1 atom stereocenters. The molecular formula is C25H22N2O5. The highest BCUT2D eigenvalue weighted by molar-refractivity contribution is 6.22. The van der Waals surface area contributed by atoms with E-state index in [1.807, 2.05) is 24.3 Å². The van der Waals surface area contributed by atoms with Crippen LogP contribution in [-0.4, -0.2) is 45.8 Å². The standard InChI is InChI=1S/C25H22N2O5/c1-15(26-23(29)18-10-2-3-11-19(18)24(26)30)25(31)32-14-22(28)27-20-12-6-4-8-16(20)17-9-5-7-13-21(17)27/h2-4,6,8,10-12,15H,5,7,9,13-14H2,1H3. The predicted molar refractivity (Wildman–Crippen MR) is 117 cm³/mol. The summed E-state index contributed by atoms with van der Waals surface area (Å²) in [6, 6.07) is 13.0. The Balaban J connectivity index is 1.34. The molecule has 7 nitrogen and oxygen atoms in total. The smallest absolute Gasteiger partial charge is 0.329 e. The van der Waals surface area contributed by atoms with Crippen LogP contribution >= 0.6 is 0 Å². The lowest BCUT2D eigenvalue weighted by molar-refractivity contribution is -0.146. The molecule has 1 aliphatic heterocycles. The van der Waals surface area contributed by atoms with E-state index in [2.05, 4.69) is 0 Å². The number of fused-ring (bicyclic) bond motifs is 4. The van der Waals surface area contributed by atoms with Gasteiger partial charge in [0.2, 0.25) is 0 Å². The van der Waals surface area contributed by atoms with Crippen molar-refractivity contribution in [1.29, 1.82) is 0 Å². The summed E-state index contributed by atoms with van der Waals surface area (Å²) >= 11 is 0. The molecule has 2 amide bonds. The van der Waals surface area contributed by atoms with Gasteiger partial charge in [-0.1, -0.05) is 30.3 Å². The first-order valence-electron chi connectivity index (χ1n) is 10.8. The van der Waals surface area contributed by atoms with E-state index in [9.17, 15) is 19.2 Å². The fourth-order valence-corrected chi connectivity index (χ4v) is 4.76. The molecule has 3 aromatic rings. The number of ether oxygens (including phenoxy) is 1. The average Bonchev–Trinajstić information content (AvgIpc) is 3.29. The summed E-state index contributed by atoms with van der Waals surface area (Å²) < 4.78 is 6.94. The quantitative estimate of drug-likeness (QED) is 0.468. The van der Waals surface area contributed by atoms with E-state index in [0.717, 1.165) is 47.2 Å². The predicted octanol–water partition coefficient (Wildman–Crippen LogP) is 3.39. The lowest BCUT2D eigenvalue weighted by Crippen LogP contribution is -2.44. The molecule has 0 radical (unpaired) electrons. The van der Waals surface area contributed by atoms with Gasteiger partial charge in [-0.2, -0.15) is 0 Å². The summed E-state index contributed by atoms with van der Waals surface area (Å²) in [5.41, 5.74) is 3.50. The molecule has 7 heteroatoms. The molecule has 0 N–H and O–H groups in total. The Morgan fingerprint density at radius 2 is 1.56 bits per heavy atom. The van der Waals surface area contributed by atoms with Crippen molar-refractivity contribution >= 4 is 34.6 Å². The van der Waals surface area contributed by atoms with E-state index in [1.54, 1.807) is 28.8 Å². The van der Waals surface area contributed by atoms with Crippen molar-refractivity contribution in [3.8, 4) is 0 Å². The van der Waals surface area contributed by atoms with Crippen molar-refractivity contribution < 1.29 is 23.9 Å². The van der Waals surface area contributed by atoms with Crippen LogP contribution in [0.25, 0.3) is 10.9 Å². The third-order valence-corrected chi connectivity index (χ3v) is 6.32. The highest BCUT2D eigenvalue weighted by Gasteiger charge is 2.41. The number of hydrogen-bond donors (Lipinski definition) is 0. The number of hydrogen-bond acceptors (Lipinski definition) is 5. The maximum Gasteiger partial charge on any atom is 0.329 e. The fourth-order valence-electron chi connectivity index (χ4n) is 4.76. The number of aromatic nitrogens is 1.